The molecule has 0 rings (SSSR count). The maximum atomic E-state index is 8.33. The fraction of sp³-hybridized carbons (Fsp3) is 0.778. The predicted molar refractivity (Wildman–Crippen MR) is 58.4 cm³/mol. The molecule has 0 bridgehead atoms. The van der Waals surface area contributed by atoms with E-state index in [-0.39, 0.29) is 2.85 Å². The lowest BCUT2D eigenvalue weighted by molar-refractivity contribution is 0.550. The number of aliphatic imine (C=N–C) groups is 1. The molecule has 13 heavy (non-hydrogen) atoms. The Morgan fingerprint density at radius 3 is 2.77 bits per heavy atom. The van der Waals surface area contributed by atoms with Crippen molar-refractivity contribution in [2.45, 2.75) is 26.7 Å². The summed E-state index contributed by atoms with van der Waals surface area (Å²) < 4.78 is 0. The molecule has 0 aromatic carbocycles. The zero-order chi connectivity index (χ0) is 10.1. The SMILES string of the molecule is CN=C(NC#N)NCCCC(C)C.[HH].[HH]. The van der Waals surface area contributed by atoms with Gasteiger partial charge in [0.15, 0.2) is 6.19 Å². The molecule has 4 nitrogen and oxygen atoms in total. The van der Waals surface area contributed by atoms with Crippen LogP contribution in [0.4, 0.5) is 0 Å². The molecule has 0 spiro atoms. The van der Waals surface area contributed by atoms with Crippen molar-refractivity contribution in [3.63, 3.8) is 0 Å². The predicted octanol–water partition coefficient (Wildman–Crippen LogP) is 1.56. The van der Waals surface area contributed by atoms with Gasteiger partial charge in [0.05, 0.1) is 0 Å². The molecule has 4 heteroatoms. The van der Waals surface area contributed by atoms with Crippen molar-refractivity contribution in [2.75, 3.05) is 13.6 Å². The highest BCUT2D eigenvalue weighted by atomic mass is 15.2. The van der Waals surface area contributed by atoms with E-state index in [1.54, 1.807) is 7.05 Å². The highest BCUT2D eigenvalue weighted by Crippen LogP contribution is 2.01. The second kappa shape index (κ2) is 7.41. The largest absolute Gasteiger partial charge is 0.356 e. The molecule has 0 radical (unpaired) electrons. The average molecular weight is 186 g/mol. The quantitative estimate of drug-likeness (QED) is 0.230. The molecule has 0 atom stereocenters. The van der Waals surface area contributed by atoms with Gasteiger partial charge in [0, 0.05) is 16.4 Å². The van der Waals surface area contributed by atoms with Crippen LogP contribution in [0.25, 0.3) is 0 Å². The van der Waals surface area contributed by atoms with Crippen molar-refractivity contribution >= 4 is 5.96 Å². The molecule has 0 fully saturated rings. The lowest BCUT2D eigenvalue weighted by atomic mass is 10.1. The fourth-order valence-corrected chi connectivity index (χ4v) is 0.949. The van der Waals surface area contributed by atoms with E-state index < -0.39 is 0 Å². The topological polar surface area (TPSA) is 60.2 Å². The van der Waals surface area contributed by atoms with Crippen LogP contribution in [0.2, 0.25) is 0 Å². The molecule has 0 aromatic heterocycles. The average Bonchev–Trinajstić information content (AvgIpc) is 2.10. The zero-order valence-corrected chi connectivity index (χ0v) is 8.59. The van der Waals surface area contributed by atoms with Gasteiger partial charge in [-0.15, -0.1) is 0 Å². The van der Waals surface area contributed by atoms with E-state index in [0.29, 0.717) is 5.96 Å². The summed E-state index contributed by atoms with van der Waals surface area (Å²) in [5.74, 6) is 1.28. The maximum Gasteiger partial charge on any atom is 0.204 e. The first-order valence-corrected chi connectivity index (χ1v) is 4.56. The lowest BCUT2D eigenvalue weighted by Gasteiger charge is -2.07. The number of guanidine groups is 1. The third-order valence-corrected chi connectivity index (χ3v) is 1.65. The second-order valence-corrected chi connectivity index (χ2v) is 3.27. The summed E-state index contributed by atoms with van der Waals surface area (Å²) in [6.45, 7) is 5.25. The van der Waals surface area contributed by atoms with Gasteiger partial charge in [-0.3, -0.25) is 10.3 Å². The number of rotatable bonds is 4. The first kappa shape index (κ1) is 11.8. The molecule has 0 amide bonds. The van der Waals surface area contributed by atoms with Gasteiger partial charge >= 0.3 is 0 Å². The molecule has 0 saturated carbocycles. The van der Waals surface area contributed by atoms with E-state index in [0.717, 1.165) is 18.9 Å². The highest BCUT2D eigenvalue weighted by molar-refractivity contribution is 5.80. The molecule has 0 unspecified atom stereocenters. The minimum absolute atomic E-state index is 0. The van der Waals surface area contributed by atoms with Crippen LogP contribution in [0.3, 0.4) is 0 Å². The number of nitriles is 1. The second-order valence-electron chi connectivity index (χ2n) is 3.27. The van der Waals surface area contributed by atoms with Gasteiger partial charge in [0.1, 0.15) is 0 Å². The van der Waals surface area contributed by atoms with Gasteiger partial charge in [-0.05, 0) is 18.8 Å². The van der Waals surface area contributed by atoms with E-state index in [9.17, 15) is 0 Å². The van der Waals surface area contributed by atoms with Crippen LogP contribution in [-0.2, 0) is 0 Å². The van der Waals surface area contributed by atoms with E-state index in [2.05, 4.69) is 29.5 Å². The van der Waals surface area contributed by atoms with E-state index in [1.165, 1.54) is 6.42 Å². The Morgan fingerprint density at radius 2 is 2.31 bits per heavy atom. The highest BCUT2D eigenvalue weighted by Gasteiger charge is 1.96. The monoisotopic (exact) mass is 186 g/mol. The van der Waals surface area contributed by atoms with Gasteiger partial charge in [0.2, 0.25) is 5.96 Å². The summed E-state index contributed by atoms with van der Waals surface area (Å²) in [7, 11) is 1.65. The molecule has 0 aliphatic rings. The van der Waals surface area contributed by atoms with Gasteiger partial charge in [0.25, 0.3) is 0 Å². The lowest BCUT2D eigenvalue weighted by Crippen LogP contribution is -2.34. The van der Waals surface area contributed by atoms with E-state index in [1.807, 2.05) is 6.19 Å². The molecule has 0 aliphatic carbocycles. The number of hydrogen-bond acceptors (Lipinski definition) is 2. The van der Waals surface area contributed by atoms with Crippen LogP contribution in [0.15, 0.2) is 4.99 Å². The van der Waals surface area contributed by atoms with Crippen molar-refractivity contribution in [3.05, 3.63) is 0 Å². The van der Waals surface area contributed by atoms with Crippen LogP contribution >= 0.6 is 0 Å². The maximum absolute atomic E-state index is 8.33. The summed E-state index contributed by atoms with van der Waals surface area (Å²) in [6.07, 6.45) is 4.12. The zero-order valence-electron chi connectivity index (χ0n) is 8.59. The summed E-state index contributed by atoms with van der Waals surface area (Å²) in [4.78, 5) is 3.87. The first-order chi connectivity index (χ1) is 6.20. The van der Waals surface area contributed by atoms with Gasteiger partial charge in [-0.1, -0.05) is 13.8 Å². The molecule has 2 N–H and O–H groups in total. The smallest absolute Gasteiger partial charge is 0.204 e. The fourth-order valence-electron chi connectivity index (χ4n) is 0.949. The summed E-state index contributed by atoms with van der Waals surface area (Å²) in [5, 5.41) is 13.8. The van der Waals surface area contributed by atoms with Gasteiger partial charge in [-0.2, -0.15) is 5.26 Å². The Balaban J connectivity index is -0.000000720. The normalized spacial score (nSPS) is 11.2. The van der Waals surface area contributed by atoms with Crippen molar-refractivity contribution in [2.24, 2.45) is 10.9 Å². The van der Waals surface area contributed by atoms with Crippen molar-refractivity contribution < 1.29 is 2.85 Å². The third-order valence-electron chi connectivity index (χ3n) is 1.65. The van der Waals surface area contributed by atoms with Crippen LogP contribution < -0.4 is 10.6 Å². The Morgan fingerprint density at radius 1 is 1.62 bits per heavy atom. The van der Waals surface area contributed by atoms with Crippen molar-refractivity contribution in [1.29, 1.82) is 5.26 Å². The van der Waals surface area contributed by atoms with Crippen LogP contribution in [0.1, 0.15) is 29.5 Å². The summed E-state index contributed by atoms with van der Waals surface area (Å²) in [5.41, 5.74) is 0. The Labute approximate surface area is 83.0 Å². The van der Waals surface area contributed by atoms with E-state index in [4.69, 9.17) is 5.26 Å². The minimum atomic E-state index is 0. The summed E-state index contributed by atoms with van der Waals surface area (Å²) in [6, 6.07) is 0. The van der Waals surface area contributed by atoms with Gasteiger partial charge in [-0.25, -0.2) is 0 Å². The van der Waals surface area contributed by atoms with Crippen LogP contribution in [0.5, 0.6) is 0 Å². The number of nitrogens with one attached hydrogen (secondary N) is 2. The van der Waals surface area contributed by atoms with Crippen LogP contribution in [0, 0.1) is 17.4 Å². The van der Waals surface area contributed by atoms with Gasteiger partial charge < -0.3 is 5.32 Å². The number of nitrogens with zero attached hydrogens (tertiary/aromatic N) is 2. The minimum Gasteiger partial charge on any atom is -0.356 e. The third kappa shape index (κ3) is 7.13. The Hall–Kier alpha value is -1.24. The van der Waals surface area contributed by atoms with Crippen molar-refractivity contribution in [1.82, 2.24) is 10.6 Å². The molecular weight excluding hydrogens is 164 g/mol. The molecule has 0 heterocycles. The molecule has 0 aromatic rings. The van der Waals surface area contributed by atoms with Crippen LogP contribution in [-0.4, -0.2) is 19.6 Å². The standard InChI is InChI=1S/C9H18N4.2H2/c1-8(2)5-4-6-12-9(11-3)13-7-10;;/h8H,4-6H2,1-3H3,(H2,11,12,13);2*1H. The number of hydrogen-bond donors (Lipinski definition) is 2. The molecular formula is C9H22N4. The molecule has 78 valence electrons. The molecule has 0 saturated heterocycles. The summed E-state index contributed by atoms with van der Waals surface area (Å²) >= 11 is 0. The Kier molecular flexibility index (Phi) is 6.70. The first-order valence-electron chi connectivity index (χ1n) is 4.56. The van der Waals surface area contributed by atoms with E-state index >= 15 is 0 Å². The Bertz CT molecular complexity index is 199. The molecule has 0 aliphatic heterocycles. The van der Waals surface area contributed by atoms with Crippen molar-refractivity contribution in [3.8, 4) is 6.19 Å².